The number of nitrogens with zero attached hydrogens (tertiary/aromatic N) is 4. The largest absolute Gasteiger partial charge is 0.328 e. The second kappa shape index (κ2) is 4.16. The lowest BCUT2D eigenvalue weighted by atomic mass is 10.2. The van der Waals surface area contributed by atoms with E-state index in [1.807, 2.05) is 0 Å². The van der Waals surface area contributed by atoms with Crippen molar-refractivity contribution < 1.29 is 14.4 Å². The van der Waals surface area contributed by atoms with Gasteiger partial charge in [0.25, 0.3) is 0 Å². The summed E-state index contributed by atoms with van der Waals surface area (Å²) in [5.41, 5.74) is 1.30. The number of carbonyl (C=O) groups is 3. The molecule has 0 spiro atoms. The second-order valence-corrected chi connectivity index (χ2v) is 4.07. The fourth-order valence-corrected chi connectivity index (χ4v) is 1.99. The van der Waals surface area contributed by atoms with Crippen molar-refractivity contribution in [2.24, 2.45) is 0 Å². The van der Waals surface area contributed by atoms with Crippen LogP contribution in [0.25, 0.3) is 5.65 Å². The van der Waals surface area contributed by atoms with Crippen molar-refractivity contribution in [3.05, 3.63) is 24.2 Å². The van der Waals surface area contributed by atoms with Gasteiger partial charge in [-0.05, 0) is 6.07 Å². The number of aromatic nitrogens is 3. The maximum absolute atomic E-state index is 11.7. The first-order valence-electron chi connectivity index (χ1n) is 5.59. The third-order valence-corrected chi connectivity index (χ3v) is 2.91. The Kier molecular flexibility index (Phi) is 2.48. The van der Waals surface area contributed by atoms with E-state index in [-0.39, 0.29) is 18.9 Å². The van der Waals surface area contributed by atoms with Crippen LogP contribution in [0, 0.1) is 0 Å². The van der Waals surface area contributed by atoms with Crippen molar-refractivity contribution in [2.45, 2.75) is 6.42 Å². The molecule has 3 rings (SSSR count). The lowest BCUT2D eigenvalue weighted by Gasteiger charge is -2.26. The highest BCUT2D eigenvalue weighted by Gasteiger charge is 2.25. The molecular weight excluding hydrogens is 250 g/mol. The fourth-order valence-electron chi connectivity index (χ4n) is 1.99. The average molecular weight is 259 g/mol. The zero-order valence-electron chi connectivity index (χ0n) is 9.74. The van der Waals surface area contributed by atoms with Crippen molar-refractivity contribution in [2.75, 3.05) is 11.4 Å². The molecule has 1 saturated heterocycles. The number of anilines is 1. The van der Waals surface area contributed by atoms with E-state index in [1.165, 1.54) is 15.6 Å². The van der Waals surface area contributed by atoms with Crippen LogP contribution < -0.4 is 10.2 Å². The molecule has 0 atom stereocenters. The van der Waals surface area contributed by atoms with E-state index in [0.717, 1.165) is 0 Å². The molecule has 0 unspecified atom stereocenters. The predicted molar refractivity (Wildman–Crippen MR) is 63.9 cm³/mol. The molecule has 0 aliphatic carbocycles. The summed E-state index contributed by atoms with van der Waals surface area (Å²) in [6.45, 7) is 0.271. The van der Waals surface area contributed by atoms with Gasteiger partial charge in [0.15, 0.2) is 11.9 Å². The number of nitrogens with one attached hydrogen (secondary N) is 1. The first kappa shape index (κ1) is 11.3. The first-order valence-corrected chi connectivity index (χ1v) is 5.59. The van der Waals surface area contributed by atoms with Crippen LogP contribution in [0.3, 0.4) is 0 Å². The molecule has 0 saturated carbocycles. The van der Waals surface area contributed by atoms with Gasteiger partial charge in [0.2, 0.25) is 5.91 Å². The predicted octanol–water partition coefficient (Wildman–Crippen LogP) is -0.0119. The molecule has 8 nitrogen and oxygen atoms in total. The van der Waals surface area contributed by atoms with E-state index in [9.17, 15) is 14.4 Å². The molecule has 3 heterocycles. The van der Waals surface area contributed by atoms with E-state index >= 15 is 0 Å². The highest BCUT2D eigenvalue weighted by Crippen LogP contribution is 2.20. The summed E-state index contributed by atoms with van der Waals surface area (Å²) in [7, 11) is 0. The Labute approximate surface area is 107 Å². The monoisotopic (exact) mass is 259 g/mol. The lowest BCUT2D eigenvalue weighted by Crippen LogP contribution is -2.49. The molecule has 8 heteroatoms. The van der Waals surface area contributed by atoms with Crippen molar-refractivity contribution >= 4 is 29.6 Å². The third kappa shape index (κ3) is 1.82. The number of fused-ring (bicyclic) bond motifs is 1. The Morgan fingerprint density at radius 1 is 1.32 bits per heavy atom. The van der Waals surface area contributed by atoms with Crippen LogP contribution >= 0.6 is 0 Å². The van der Waals surface area contributed by atoms with Crippen LogP contribution in [0.5, 0.6) is 0 Å². The van der Waals surface area contributed by atoms with Crippen LogP contribution in [-0.2, 0) is 4.79 Å². The molecule has 96 valence electrons. The molecule has 19 heavy (non-hydrogen) atoms. The quantitative estimate of drug-likeness (QED) is 0.765. The van der Waals surface area contributed by atoms with Gasteiger partial charge in [-0.1, -0.05) is 0 Å². The van der Waals surface area contributed by atoms with E-state index in [2.05, 4.69) is 15.5 Å². The van der Waals surface area contributed by atoms with Crippen molar-refractivity contribution in [1.82, 2.24) is 19.9 Å². The molecule has 3 amide bonds. The highest BCUT2D eigenvalue weighted by atomic mass is 16.2. The van der Waals surface area contributed by atoms with Gasteiger partial charge in [-0.15, -0.1) is 10.2 Å². The Hall–Kier alpha value is -2.77. The van der Waals surface area contributed by atoms with Gasteiger partial charge >= 0.3 is 6.03 Å². The SMILES string of the molecule is O=Cc1cc(N2CCC(=O)NC2=O)cc2nncn12. The number of aldehydes is 1. The van der Waals surface area contributed by atoms with Gasteiger partial charge in [-0.25, -0.2) is 4.79 Å². The summed E-state index contributed by atoms with van der Waals surface area (Å²) in [6, 6.07) is 2.69. The number of hydrogen-bond acceptors (Lipinski definition) is 5. The molecule has 2 aromatic rings. The van der Waals surface area contributed by atoms with Crippen LogP contribution in [0.2, 0.25) is 0 Å². The van der Waals surface area contributed by atoms with Gasteiger partial charge in [-0.3, -0.25) is 24.2 Å². The van der Waals surface area contributed by atoms with E-state index < -0.39 is 6.03 Å². The maximum atomic E-state index is 11.7. The summed E-state index contributed by atoms with van der Waals surface area (Å²) in [5.74, 6) is -0.305. The summed E-state index contributed by atoms with van der Waals surface area (Å²) >= 11 is 0. The fraction of sp³-hybridized carbons (Fsp3) is 0.182. The summed E-state index contributed by atoms with van der Waals surface area (Å²) in [6.07, 6.45) is 2.30. The molecule has 0 aromatic carbocycles. The van der Waals surface area contributed by atoms with Gasteiger partial charge in [0.1, 0.15) is 6.33 Å². The van der Waals surface area contributed by atoms with Crippen molar-refractivity contribution in [3.8, 4) is 0 Å². The number of urea groups is 1. The number of carbonyl (C=O) groups excluding carboxylic acids is 3. The van der Waals surface area contributed by atoms with Crippen molar-refractivity contribution in [1.29, 1.82) is 0 Å². The molecule has 1 aliphatic rings. The summed E-state index contributed by atoms with van der Waals surface area (Å²) in [5, 5.41) is 9.78. The number of imide groups is 1. The molecule has 1 aliphatic heterocycles. The van der Waals surface area contributed by atoms with Crippen LogP contribution in [0.1, 0.15) is 16.9 Å². The van der Waals surface area contributed by atoms with Gasteiger partial charge in [0, 0.05) is 19.0 Å². The minimum Gasteiger partial charge on any atom is -0.296 e. The minimum atomic E-state index is -0.503. The summed E-state index contributed by atoms with van der Waals surface area (Å²) < 4.78 is 1.52. The Bertz CT molecular complexity index is 693. The van der Waals surface area contributed by atoms with Gasteiger partial charge < -0.3 is 0 Å². The molecule has 2 aromatic heterocycles. The molecular formula is C11H9N5O3. The number of pyridine rings is 1. The number of amides is 3. The van der Waals surface area contributed by atoms with E-state index in [1.54, 1.807) is 12.1 Å². The Morgan fingerprint density at radius 3 is 2.89 bits per heavy atom. The molecule has 0 bridgehead atoms. The smallest absolute Gasteiger partial charge is 0.296 e. The minimum absolute atomic E-state index is 0.222. The van der Waals surface area contributed by atoms with E-state index in [4.69, 9.17) is 0 Å². The summed E-state index contributed by atoms with van der Waals surface area (Å²) in [4.78, 5) is 35.3. The van der Waals surface area contributed by atoms with Crippen molar-refractivity contribution in [3.63, 3.8) is 0 Å². The molecule has 1 N–H and O–H groups in total. The normalized spacial score (nSPS) is 15.7. The molecule has 0 radical (unpaired) electrons. The van der Waals surface area contributed by atoms with Gasteiger partial charge in [-0.2, -0.15) is 0 Å². The highest BCUT2D eigenvalue weighted by molar-refractivity contribution is 6.06. The molecule has 1 fully saturated rings. The topological polar surface area (TPSA) is 96.7 Å². The number of rotatable bonds is 2. The van der Waals surface area contributed by atoms with E-state index in [0.29, 0.717) is 23.3 Å². The Balaban J connectivity index is 2.07. The number of hydrogen-bond donors (Lipinski definition) is 1. The van der Waals surface area contributed by atoms with Crippen LogP contribution in [0.4, 0.5) is 10.5 Å². The standard InChI is InChI=1S/C11H9N5O3/c17-5-8-3-7(4-9-14-12-6-16(8)9)15-2-1-10(18)13-11(15)19/h3-6H,1-2H2,(H,13,18,19). The zero-order chi connectivity index (χ0) is 13.4. The second-order valence-electron chi connectivity index (χ2n) is 4.07. The van der Waals surface area contributed by atoms with Crippen LogP contribution in [0.15, 0.2) is 18.5 Å². The van der Waals surface area contributed by atoms with Gasteiger partial charge in [0.05, 0.1) is 11.4 Å². The Morgan fingerprint density at radius 2 is 2.16 bits per heavy atom. The average Bonchev–Trinajstić information content (AvgIpc) is 2.85. The zero-order valence-corrected chi connectivity index (χ0v) is 9.74. The lowest BCUT2D eigenvalue weighted by molar-refractivity contribution is -0.120. The van der Waals surface area contributed by atoms with Crippen LogP contribution in [-0.4, -0.2) is 39.4 Å². The first-order chi connectivity index (χ1) is 9.19. The maximum Gasteiger partial charge on any atom is 0.328 e. The third-order valence-electron chi connectivity index (χ3n) is 2.91.